The molecule has 3 unspecified atom stereocenters. The lowest BCUT2D eigenvalue weighted by Gasteiger charge is -2.37. The highest BCUT2D eigenvalue weighted by Crippen LogP contribution is 2.33. The number of likely N-dealkylation sites (N-methyl/N-ethyl adjacent to an activating group) is 2. The van der Waals surface area contributed by atoms with Crippen molar-refractivity contribution in [2.24, 2.45) is 5.92 Å². The van der Waals surface area contributed by atoms with Gasteiger partial charge in [0.2, 0.25) is 5.91 Å². The van der Waals surface area contributed by atoms with Crippen molar-refractivity contribution in [2.45, 2.75) is 63.2 Å². The van der Waals surface area contributed by atoms with E-state index in [1.54, 1.807) is 23.8 Å². The van der Waals surface area contributed by atoms with E-state index in [4.69, 9.17) is 15.2 Å². The molecule has 15 heteroatoms. The molecule has 3 saturated heterocycles. The first kappa shape index (κ1) is 27.0. The third-order valence-electron chi connectivity index (χ3n) is 7.71. The minimum Gasteiger partial charge on any atom is -0.447 e. The van der Waals surface area contributed by atoms with Gasteiger partial charge < -0.3 is 40.5 Å². The Morgan fingerprint density at radius 3 is 2.64 bits per heavy atom. The number of aromatic nitrogens is 4. The van der Waals surface area contributed by atoms with Crippen LogP contribution in [-0.2, 0) is 25.5 Å². The summed E-state index contributed by atoms with van der Waals surface area (Å²) in [4.78, 5) is 52.6. The van der Waals surface area contributed by atoms with Gasteiger partial charge in [0, 0.05) is 33.1 Å². The van der Waals surface area contributed by atoms with Crippen molar-refractivity contribution in [3.8, 4) is 0 Å². The zero-order chi connectivity index (χ0) is 27.8. The maximum atomic E-state index is 12.4. The molecule has 39 heavy (non-hydrogen) atoms. The van der Waals surface area contributed by atoms with Crippen LogP contribution in [0.5, 0.6) is 0 Å². The van der Waals surface area contributed by atoms with Gasteiger partial charge in [-0.05, 0) is 25.7 Å². The van der Waals surface area contributed by atoms with Crippen LogP contribution in [0, 0.1) is 5.92 Å². The molecule has 0 saturated carbocycles. The van der Waals surface area contributed by atoms with E-state index in [1.165, 1.54) is 10.9 Å². The van der Waals surface area contributed by atoms with Crippen molar-refractivity contribution in [3.05, 3.63) is 12.2 Å². The Balaban J connectivity index is 1.21. The molecular weight excluding hydrogens is 512 g/mol. The largest absolute Gasteiger partial charge is 0.447 e. The number of β-lactam (4-membered cyclic amide) rings is 1. The molecule has 15 nitrogen and oxygen atoms in total. The van der Waals surface area contributed by atoms with Crippen molar-refractivity contribution >= 4 is 34.9 Å². The van der Waals surface area contributed by atoms with Gasteiger partial charge in [-0.1, -0.05) is 0 Å². The number of amides is 3. The van der Waals surface area contributed by atoms with Crippen molar-refractivity contribution < 1.29 is 34.1 Å². The number of carbonyl (C=O) groups excluding carboxylic acids is 3. The molecule has 0 radical (unpaired) electrons. The molecule has 2 aromatic rings. The Morgan fingerprint density at radius 2 is 1.97 bits per heavy atom. The number of nitrogen functional groups attached to an aromatic ring is 1. The van der Waals surface area contributed by atoms with Gasteiger partial charge >= 0.3 is 6.09 Å². The standard InChI is InChI=1S/C24H34N8O7/c1-3-26-22(36)19-17(34)18(35)23(39-19)32-11-27-16-20(25)28-14(29-21(16)32)8-12-4-6-31(7-5-12)24(37)38-10-13-9-15(33)30(13)2/h11-13,17-19,23,34-35H,3-10H2,1-2H3,(H,26,36)(H2,25,28,29)/t13?,17?,18?,19-,23+/m0/s1. The fourth-order valence-corrected chi connectivity index (χ4v) is 5.22. The van der Waals surface area contributed by atoms with Crippen molar-refractivity contribution in [2.75, 3.05) is 39.0 Å². The number of anilines is 1. The third kappa shape index (κ3) is 5.21. The van der Waals surface area contributed by atoms with Crippen molar-refractivity contribution in [1.82, 2.24) is 34.6 Å². The molecule has 0 aromatic carbocycles. The summed E-state index contributed by atoms with van der Waals surface area (Å²) in [6, 6.07) is -0.0525. The molecule has 5 heterocycles. The lowest BCUT2D eigenvalue weighted by molar-refractivity contribution is -0.145. The van der Waals surface area contributed by atoms with Gasteiger partial charge in [-0.2, -0.15) is 0 Å². The zero-order valence-corrected chi connectivity index (χ0v) is 21.9. The van der Waals surface area contributed by atoms with Crippen LogP contribution in [0.1, 0.15) is 38.2 Å². The molecule has 5 atom stereocenters. The SMILES string of the molecule is CCNC(=O)[C@H]1O[C@@H](n2cnc3c(N)nc(CC4CCN(C(=O)OCC5CC(=O)N5C)CC4)nc32)C(O)C1O. The van der Waals surface area contributed by atoms with Gasteiger partial charge in [0.1, 0.15) is 30.2 Å². The summed E-state index contributed by atoms with van der Waals surface area (Å²) >= 11 is 0. The first-order valence-electron chi connectivity index (χ1n) is 13.1. The van der Waals surface area contributed by atoms with Gasteiger partial charge in [0.05, 0.1) is 18.8 Å². The Hall–Kier alpha value is -3.56. The lowest BCUT2D eigenvalue weighted by Crippen LogP contribution is -2.53. The fourth-order valence-electron chi connectivity index (χ4n) is 5.22. The number of carbonyl (C=O) groups is 3. The number of aliphatic hydroxyl groups is 2. The summed E-state index contributed by atoms with van der Waals surface area (Å²) < 4.78 is 12.6. The van der Waals surface area contributed by atoms with E-state index < -0.39 is 30.4 Å². The molecule has 0 aliphatic carbocycles. The van der Waals surface area contributed by atoms with Gasteiger partial charge in [0.15, 0.2) is 23.8 Å². The third-order valence-corrected chi connectivity index (χ3v) is 7.71. The number of imidazole rings is 1. The monoisotopic (exact) mass is 546 g/mol. The maximum absolute atomic E-state index is 12.4. The highest BCUT2D eigenvalue weighted by atomic mass is 16.6. The Labute approximate surface area is 224 Å². The summed E-state index contributed by atoms with van der Waals surface area (Å²) in [5.41, 5.74) is 6.81. The normalized spacial score (nSPS) is 27.6. The van der Waals surface area contributed by atoms with E-state index in [2.05, 4.69) is 20.3 Å². The van der Waals surface area contributed by atoms with Crippen molar-refractivity contribution in [3.63, 3.8) is 0 Å². The minimum absolute atomic E-state index is 0.0501. The topological polar surface area (TPSA) is 198 Å². The molecule has 3 aliphatic rings. The number of fused-ring (bicyclic) bond motifs is 1. The molecule has 3 fully saturated rings. The first-order valence-corrected chi connectivity index (χ1v) is 13.1. The average molecular weight is 547 g/mol. The summed E-state index contributed by atoms with van der Waals surface area (Å²) in [7, 11) is 1.70. The summed E-state index contributed by atoms with van der Waals surface area (Å²) in [6.45, 7) is 3.35. The van der Waals surface area contributed by atoms with E-state index in [1.807, 2.05) is 0 Å². The summed E-state index contributed by atoms with van der Waals surface area (Å²) in [5.74, 6) is 0.381. The summed E-state index contributed by atoms with van der Waals surface area (Å²) in [5, 5.41) is 23.6. The van der Waals surface area contributed by atoms with Crippen LogP contribution in [0.2, 0.25) is 0 Å². The van der Waals surface area contributed by atoms with Crippen LogP contribution in [-0.4, -0.2) is 115 Å². The molecule has 5 rings (SSSR count). The number of aliphatic hydroxyl groups excluding tert-OH is 2. The smallest absolute Gasteiger partial charge is 0.409 e. The molecule has 5 N–H and O–H groups in total. The maximum Gasteiger partial charge on any atom is 0.409 e. The Kier molecular flexibility index (Phi) is 7.55. The molecule has 3 amide bonds. The fraction of sp³-hybridized carbons (Fsp3) is 0.667. The highest BCUT2D eigenvalue weighted by molar-refractivity contribution is 5.83. The van der Waals surface area contributed by atoms with E-state index >= 15 is 0 Å². The number of piperidine rings is 1. The number of rotatable bonds is 7. The number of likely N-dealkylation sites (tertiary alicyclic amines) is 2. The number of ether oxygens (including phenoxy) is 2. The second kappa shape index (κ2) is 10.9. The molecule has 0 bridgehead atoms. The molecule has 3 aliphatic heterocycles. The van der Waals surface area contributed by atoms with E-state index in [0.717, 1.165) is 12.8 Å². The van der Waals surface area contributed by atoms with Crippen LogP contribution in [0.4, 0.5) is 10.6 Å². The van der Waals surface area contributed by atoms with E-state index in [0.29, 0.717) is 49.5 Å². The number of hydrogen-bond acceptors (Lipinski definition) is 11. The van der Waals surface area contributed by atoms with Crippen LogP contribution in [0.25, 0.3) is 11.2 Å². The van der Waals surface area contributed by atoms with Gasteiger partial charge in [0.25, 0.3) is 5.91 Å². The number of nitrogens with zero attached hydrogens (tertiary/aromatic N) is 6. The number of nitrogens with two attached hydrogens (primary N) is 1. The lowest BCUT2D eigenvalue weighted by atomic mass is 9.93. The molecule has 212 valence electrons. The number of hydrogen-bond donors (Lipinski definition) is 4. The average Bonchev–Trinajstić information content (AvgIpc) is 3.47. The second-order valence-corrected chi connectivity index (χ2v) is 10.2. The van der Waals surface area contributed by atoms with Crippen LogP contribution in [0.15, 0.2) is 6.33 Å². The van der Waals surface area contributed by atoms with Gasteiger partial charge in [-0.15, -0.1) is 0 Å². The molecule has 2 aromatic heterocycles. The zero-order valence-electron chi connectivity index (χ0n) is 21.9. The minimum atomic E-state index is -1.42. The van der Waals surface area contributed by atoms with E-state index in [-0.39, 0.29) is 36.4 Å². The van der Waals surface area contributed by atoms with E-state index in [9.17, 15) is 24.6 Å². The number of nitrogens with one attached hydrogen (secondary N) is 1. The summed E-state index contributed by atoms with van der Waals surface area (Å²) in [6.07, 6.45) is -1.76. The predicted molar refractivity (Wildman–Crippen MR) is 135 cm³/mol. The predicted octanol–water partition coefficient (Wildman–Crippen LogP) is -1.21. The highest BCUT2D eigenvalue weighted by Gasteiger charge is 2.47. The molecular formula is C24H34N8O7. The Bertz CT molecular complexity index is 1250. The van der Waals surface area contributed by atoms with Crippen LogP contribution < -0.4 is 11.1 Å². The van der Waals surface area contributed by atoms with Gasteiger partial charge in [-0.3, -0.25) is 14.2 Å². The first-order chi connectivity index (χ1) is 18.7. The molecule has 0 spiro atoms. The van der Waals surface area contributed by atoms with Crippen LogP contribution >= 0.6 is 0 Å². The van der Waals surface area contributed by atoms with Crippen LogP contribution in [0.3, 0.4) is 0 Å². The van der Waals surface area contributed by atoms with Crippen molar-refractivity contribution in [1.29, 1.82) is 0 Å². The Morgan fingerprint density at radius 1 is 1.23 bits per heavy atom. The quantitative estimate of drug-likeness (QED) is 0.304. The van der Waals surface area contributed by atoms with Gasteiger partial charge in [-0.25, -0.2) is 19.7 Å². The second-order valence-electron chi connectivity index (χ2n) is 10.2.